The summed E-state index contributed by atoms with van der Waals surface area (Å²) in [5.74, 6) is -0.281. The molecule has 0 amide bonds. The SMILES string of the molecule is COc1ccc(C)cc1CC(=O)C(=O)C(C)C. The summed E-state index contributed by atoms with van der Waals surface area (Å²) in [6.07, 6.45) is 0.113. The zero-order valence-corrected chi connectivity index (χ0v) is 10.7. The lowest BCUT2D eigenvalue weighted by atomic mass is 9.98. The van der Waals surface area contributed by atoms with E-state index in [2.05, 4.69) is 0 Å². The second kappa shape index (κ2) is 5.62. The van der Waals surface area contributed by atoms with Crippen LogP contribution >= 0.6 is 0 Å². The fourth-order valence-corrected chi connectivity index (χ4v) is 1.63. The van der Waals surface area contributed by atoms with Gasteiger partial charge in [-0.05, 0) is 13.0 Å². The first-order valence-corrected chi connectivity index (χ1v) is 5.66. The second-order valence-electron chi connectivity index (χ2n) is 4.43. The largest absolute Gasteiger partial charge is 0.496 e. The van der Waals surface area contributed by atoms with Gasteiger partial charge in [0.25, 0.3) is 0 Å². The van der Waals surface area contributed by atoms with E-state index in [1.807, 2.05) is 25.1 Å². The minimum atomic E-state index is -0.358. The number of hydrogen-bond donors (Lipinski definition) is 0. The van der Waals surface area contributed by atoms with Crippen LogP contribution in [0.5, 0.6) is 5.75 Å². The van der Waals surface area contributed by atoms with E-state index < -0.39 is 0 Å². The maximum atomic E-state index is 11.7. The summed E-state index contributed by atoms with van der Waals surface area (Å²) in [6, 6.07) is 5.61. The quantitative estimate of drug-likeness (QED) is 0.734. The molecule has 0 saturated carbocycles. The fraction of sp³-hybridized carbons (Fsp3) is 0.429. The highest BCUT2D eigenvalue weighted by Crippen LogP contribution is 2.20. The highest BCUT2D eigenvalue weighted by molar-refractivity contribution is 6.38. The molecule has 0 N–H and O–H groups in total. The number of hydrogen-bond acceptors (Lipinski definition) is 3. The maximum Gasteiger partial charge on any atom is 0.203 e. The molecule has 3 nitrogen and oxygen atoms in total. The van der Waals surface area contributed by atoms with Crippen LogP contribution in [0.1, 0.15) is 25.0 Å². The first-order chi connectivity index (χ1) is 7.95. The summed E-state index contributed by atoms with van der Waals surface area (Å²) in [5, 5.41) is 0. The van der Waals surface area contributed by atoms with Gasteiger partial charge in [-0.1, -0.05) is 31.5 Å². The van der Waals surface area contributed by atoms with E-state index in [-0.39, 0.29) is 23.9 Å². The molecule has 3 heteroatoms. The van der Waals surface area contributed by atoms with E-state index in [9.17, 15) is 9.59 Å². The summed E-state index contributed by atoms with van der Waals surface area (Å²) in [7, 11) is 1.56. The molecule has 0 bridgehead atoms. The Morgan fingerprint density at radius 2 is 1.94 bits per heavy atom. The minimum absolute atomic E-state index is 0.113. The van der Waals surface area contributed by atoms with Crippen LogP contribution in [0.3, 0.4) is 0 Å². The summed E-state index contributed by atoms with van der Waals surface area (Å²) in [6.45, 7) is 5.40. The van der Waals surface area contributed by atoms with Crippen LogP contribution in [0, 0.1) is 12.8 Å². The molecular weight excluding hydrogens is 216 g/mol. The smallest absolute Gasteiger partial charge is 0.203 e. The lowest BCUT2D eigenvalue weighted by molar-refractivity contribution is -0.138. The third kappa shape index (κ3) is 3.41. The molecule has 0 aliphatic rings. The molecule has 0 heterocycles. The third-order valence-corrected chi connectivity index (χ3v) is 2.59. The number of ether oxygens (including phenoxy) is 1. The van der Waals surface area contributed by atoms with Gasteiger partial charge in [0.15, 0.2) is 0 Å². The highest BCUT2D eigenvalue weighted by atomic mass is 16.5. The Kier molecular flexibility index (Phi) is 4.44. The van der Waals surface area contributed by atoms with E-state index in [1.54, 1.807) is 21.0 Å². The van der Waals surface area contributed by atoms with Crippen LogP contribution in [0.2, 0.25) is 0 Å². The topological polar surface area (TPSA) is 43.4 Å². The van der Waals surface area contributed by atoms with Crippen molar-refractivity contribution >= 4 is 11.6 Å². The Balaban J connectivity index is 2.91. The van der Waals surface area contributed by atoms with Crippen LogP contribution in [0.15, 0.2) is 18.2 Å². The van der Waals surface area contributed by atoms with Crippen LogP contribution in [0.25, 0.3) is 0 Å². The van der Waals surface area contributed by atoms with E-state index in [0.717, 1.165) is 11.1 Å². The number of aryl methyl sites for hydroxylation is 1. The van der Waals surface area contributed by atoms with E-state index in [4.69, 9.17) is 4.74 Å². The number of carbonyl (C=O) groups is 2. The van der Waals surface area contributed by atoms with Crippen molar-refractivity contribution in [3.05, 3.63) is 29.3 Å². The van der Waals surface area contributed by atoms with Crippen molar-refractivity contribution in [3.63, 3.8) is 0 Å². The zero-order valence-electron chi connectivity index (χ0n) is 10.7. The Morgan fingerprint density at radius 3 is 2.47 bits per heavy atom. The molecule has 0 aliphatic carbocycles. The molecule has 0 aliphatic heterocycles. The lowest BCUT2D eigenvalue weighted by Gasteiger charge is -2.09. The number of benzene rings is 1. The Bertz CT molecular complexity index is 433. The summed E-state index contributed by atoms with van der Waals surface area (Å²) < 4.78 is 5.18. The molecule has 1 rings (SSSR count). The molecule has 0 unspecified atom stereocenters. The zero-order chi connectivity index (χ0) is 13.0. The van der Waals surface area contributed by atoms with Crippen molar-refractivity contribution in [1.82, 2.24) is 0 Å². The first kappa shape index (κ1) is 13.4. The van der Waals surface area contributed by atoms with Gasteiger partial charge < -0.3 is 4.74 Å². The van der Waals surface area contributed by atoms with Crippen molar-refractivity contribution in [3.8, 4) is 5.75 Å². The Morgan fingerprint density at radius 1 is 1.29 bits per heavy atom. The molecule has 1 aromatic rings. The molecule has 0 radical (unpaired) electrons. The van der Waals surface area contributed by atoms with Crippen LogP contribution in [-0.2, 0) is 16.0 Å². The maximum absolute atomic E-state index is 11.7. The first-order valence-electron chi connectivity index (χ1n) is 5.66. The van der Waals surface area contributed by atoms with Gasteiger partial charge in [0.1, 0.15) is 5.75 Å². The van der Waals surface area contributed by atoms with Gasteiger partial charge in [-0.3, -0.25) is 9.59 Å². The van der Waals surface area contributed by atoms with E-state index >= 15 is 0 Å². The molecule has 0 saturated heterocycles. The predicted octanol–water partition coefficient (Wildman–Crippen LogP) is 2.34. The summed E-state index contributed by atoms with van der Waals surface area (Å²) >= 11 is 0. The standard InChI is InChI=1S/C14H18O3/c1-9(2)14(16)12(15)8-11-7-10(3)5-6-13(11)17-4/h5-7,9H,8H2,1-4H3. The number of Topliss-reactive ketones (excluding diaryl/α,β-unsaturated/α-hetero) is 2. The Hall–Kier alpha value is -1.64. The average molecular weight is 234 g/mol. The average Bonchev–Trinajstić information content (AvgIpc) is 2.28. The predicted molar refractivity (Wildman–Crippen MR) is 66.3 cm³/mol. The van der Waals surface area contributed by atoms with Gasteiger partial charge in [-0.15, -0.1) is 0 Å². The number of ketones is 2. The molecule has 92 valence electrons. The highest BCUT2D eigenvalue weighted by Gasteiger charge is 2.19. The van der Waals surface area contributed by atoms with Gasteiger partial charge in [0.2, 0.25) is 11.6 Å². The van der Waals surface area contributed by atoms with Crippen LogP contribution in [0.4, 0.5) is 0 Å². The van der Waals surface area contributed by atoms with Gasteiger partial charge in [0, 0.05) is 17.9 Å². The monoisotopic (exact) mass is 234 g/mol. The normalized spacial score (nSPS) is 10.4. The Labute approximate surface area is 102 Å². The molecule has 0 atom stereocenters. The van der Waals surface area contributed by atoms with Crippen molar-refractivity contribution in [2.45, 2.75) is 27.2 Å². The molecular formula is C14H18O3. The fourth-order valence-electron chi connectivity index (χ4n) is 1.63. The van der Waals surface area contributed by atoms with Crippen molar-refractivity contribution in [1.29, 1.82) is 0 Å². The van der Waals surface area contributed by atoms with Gasteiger partial charge in [-0.25, -0.2) is 0 Å². The second-order valence-corrected chi connectivity index (χ2v) is 4.43. The summed E-state index contributed by atoms with van der Waals surface area (Å²) in [4.78, 5) is 23.3. The van der Waals surface area contributed by atoms with Crippen LogP contribution < -0.4 is 4.74 Å². The van der Waals surface area contributed by atoms with Crippen LogP contribution in [-0.4, -0.2) is 18.7 Å². The van der Waals surface area contributed by atoms with Gasteiger partial charge in [0.05, 0.1) is 7.11 Å². The summed E-state index contributed by atoms with van der Waals surface area (Å²) in [5.41, 5.74) is 1.82. The number of methoxy groups -OCH3 is 1. The molecule has 0 aromatic heterocycles. The minimum Gasteiger partial charge on any atom is -0.496 e. The lowest BCUT2D eigenvalue weighted by Crippen LogP contribution is -2.21. The van der Waals surface area contributed by atoms with E-state index in [0.29, 0.717) is 5.75 Å². The van der Waals surface area contributed by atoms with Crippen molar-refractivity contribution < 1.29 is 14.3 Å². The van der Waals surface area contributed by atoms with Gasteiger partial charge in [-0.2, -0.15) is 0 Å². The van der Waals surface area contributed by atoms with E-state index in [1.165, 1.54) is 0 Å². The molecule has 0 fully saturated rings. The third-order valence-electron chi connectivity index (χ3n) is 2.59. The molecule has 17 heavy (non-hydrogen) atoms. The van der Waals surface area contributed by atoms with Gasteiger partial charge >= 0.3 is 0 Å². The molecule has 0 spiro atoms. The molecule has 1 aromatic carbocycles. The number of carbonyl (C=O) groups excluding carboxylic acids is 2. The van der Waals surface area contributed by atoms with Crippen molar-refractivity contribution in [2.75, 3.05) is 7.11 Å². The number of rotatable bonds is 5. The van der Waals surface area contributed by atoms with Crippen molar-refractivity contribution in [2.24, 2.45) is 5.92 Å².